The van der Waals surface area contributed by atoms with Gasteiger partial charge in [0, 0.05) is 30.9 Å². The summed E-state index contributed by atoms with van der Waals surface area (Å²) < 4.78 is 41.9. The van der Waals surface area contributed by atoms with Crippen molar-refractivity contribution in [1.82, 2.24) is 24.1 Å². The summed E-state index contributed by atoms with van der Waals surface area (Å²) >= 11 is 0. The average Bonchev–Trinajstić information content (AvgIpc) is 3.90. The zero-order valence-corrected chi connectivity index (χ0v) is 27.9. The molecule has 0 spiro atoms. The highest BCUT2D eigenvalue weighted by atomic mass is 19.4. The maximum absolute atomic E-state index is 14.1. The molecule has 1 unspecified atom stereocenters. The number of rotatable bonds is 10. The predicted octanol–water partition coefficient (Wildman–Crippen LogP) is 6.39. The Hall–Kier alpha value is -5.97. The van der Waals surface area contributed by atoms with E-state index in [0.717, 1.165) is 30.7 Å². The molecule has 0 aliphatic heterocycles. The van der Waals surface area contributed by atoms with Gasteiger partial charge in [-0.05, 0) is 78.8 Å². The number of nitrogens with zero attached hydrogens (tertiary/aromatic N) is 6. The first-order chi connectivity index (χ1) is 24.4. The summed E-state index contributed by atoms with van der Waals surface area (Å²) in [6.45, 7) is 2.22. The van der Waals surface area contributed by atoms with Gasteiger partial charge in [-0.2, -0.15) is 13.2 Å². The molecular weight excluding hydrogens is 661 g/mol. The summed E-state index contributed by atoms with van der Waals surface area (Å²) in [7, 11) is 1.61. The van der Waals surface area contributed by atoms with E-state index in [4.69, 9.17) is 5.73 Å². The highest BCUT2D eigenvalue weighted by molar-refractivity contribution is 6.05. The number of carbonyl (C=O) groups is 2. The fourth-order valence-corrected chi connectivity index (χ4v) is 5.71. The first kappa shape index (κ1) is 34.9. The topological polar surface area (TPSA) is 141 Å². The number of alkyl halides is 3. The van der Waals surface area contributed by atoms with Crippen LogP contribution in [-0.2, 0) is 11.0 Å². The molecule has 1 atom stereocenters. The molecule has 262 valence electrons. The maximum atomic E-state index is 14.1. The molecule has 0 saturated heterocycles. The molecule has 1 aliphatic carbocycles. The van der Waals surface area contributed by atoms with E-state index in [9.17, 15) is 27.6 Å². The highest BCUT2D eigenvalue weighted by Crippen LogP contribution is 2.35. The monoisotopic (exact) mass is 696 g/mol. The molecule has 1 fully saturated rings. The number of nitrogen functional groups attached to an aromatic ring is 1. The van der Waals surface area contributed by atoms with E-state index in [2.05, 4.69) is 39.0 Å². The van der Waals surface area contributed by atoms with Crippen molar-refractivity contribution < 1.29 is 22.8 Å². The number of anilines is 3. The van der Waals surface area contributed by atoms with Gasteiger partial charge >= 0.3 is 17.8 Å². The lowest BCUT2D eigenvalue weighted by Crippen LogP contribution is -2.25. The van der Waals surface area contributed by atoms with Crippen molar-refractivity contribution >= 4 is 40.3 Å². The summed E-state index contributed by atoms with van der Waals surface area (Å²) in [6.07, 6.45) is 4.32. The van der Waals surface area contributed by atoms with E-state index in [1.54, 1.807) is 31.3 Å². The van der Waals surface area contributed by atoms with Crippen molar-refractivity contribution in [2.24, 2.45) is 11.8 Å². The smallest absolute Gasteiger partial charge is 0.382 e. The summed E-state index contributed by atoms with van der Waals surface area (Å²) in [5.74, 6) is 5.87. The van der Waals surface area contributed by atoms with Crippen molar-refractivity contribution in [3.05, 3.63) is 94.8 Å². The third-order valence-corrected chi connectivity index (χ3v) is 8.87. The van der Waals surface area contributed by atoms with Gasteiger partial charge in [0.2, 0.25) is 0 Å². The largest absolute Gasteiger partial charge is 0.416 e. The molecule has 3 N–H and O–H groups in total. The second-order valence-electron chi connectivity index (χ2n) is 12.7. The molecule has 3 aromatic heterocycles. The number of benzene rings is 2. The Bertz CT molecular complexity index is 2210. The third-order valence-electron chi connectivity index (χ3n) is 8.87. The van der Waals surface area contributed by atoms with E-state index in [0.29, 0.717) is 29.4 Å². The Labute approximate surface area is 291 Å². The second kappa shape index (κ2) is 14.5. The molecule has 5 aromatic rings. The van der Waals surface area contributed by atoms with Gasteiger partial charge in [-0.3, -0.25) is 14.2 Å². The SMILES string of the molecule is CC(CCC#CC(=O)N(C)c1cccc(-n2c(=O)n(-c3ccc(C(=O)Nc4cc(C(F)(F)F)ccn4)cc3)c3c(N)ncnc32)c1)CCC1CC1. The van der Waals surface area contributed by atoms with E-state index >= 15 is 0 Å². The molecule has 51 heavy (non-hydrogen) atoms. The van der Waals surface area contributed by atoms with Crippen LogP contribution in [0.4, 0.5) is 30.5 Å². The lowest BCUT2D eigenvalue weighted by Gasteiger charge is -2.15. The van der Waals surface area contributed by atoms with Gasteiger partial charge in [-0.25, -0.2) is 24.3 Å². The van der Waals surface area contributed by atoms with Gasteiger partial charge < -0.3 is 16.0 Å². The second-order valence-corrected chi connectivity index (χ2v) is 12.7. The summed E-state index contributed by atoms with van der Waals surface area (Å²) in [5.41, 5.74) is 6.48. The van der Waals surface area contributed by atoms with Crippen LogP contribution >= 0.6 is 0 Å². The quantitative estimate of drug-likeness (QED) is 0.161. The average molecular weight is 697 g/mol. The zero-order valence-electron chi connectivity index (χ0n) is 27.9. The molecule has 0 bridgehead atoms. The van der Waals surface area contributed by atoms with Crippen LogP contribution in [0.3, 0.4) is 0 Å². The third kappa shape index (κ3) is 7.93. The molecule has 3 heterocycles. The summed E-state index contributed by atoms with van der Waals surface area (Å²) in [6, 6.07) is 14.1. The number of nitrogens with one attached hydrogen (secondary N) is 1. The lowest BCUT2D eigenvalue weighted by molar-refractivity contribution is -0.137. The van der Waals surface area contributed by atoms with Gasteiger partial charge in [0.1, 0.15) is 17.7 Å². The van der Waals surface area contributed by atoms with Crippen molar-refractivity contribution in [2.75, 3.05) is 23.0 Å². The fourth-order valence-electron chi connectivity index (χ4n) is 5.71. The van der Waals surface area contributed by atoms with E-state index < -0.39 is 23.3 Å². The normalized spacial score (nSPS) is 13.4. The Morgan fingerprint density at radius 3 is 2.51 bits per heavy atom. The molecular formula is C37H35F3N8O3. The van der Waals surface area contributed by atoms with Crippen molar-refractivity contribution in [3.63, 3.8) is 0 Å². The Morgan fingerprint density at radius 2 is 1.78 bits per heavy atom. The molecule has 0 radical (unpaired) electrons. The number of carbonyl (C=O) groups excluding carboxylic acids is 2. The van der Waals surface area contributed by atoms with Crippen LogP contribution in [-0.4, -0.2) is 42.9 Å². The number of pyridine rings is 1. The maximum Gasteiger partial charge on any atom is 0.416 e. The van der Waals surface area contributed by atoms with Crippen molar-refractivity contribution in [2.45, 2.75) is 51.6 Å². The zero-order chi connectivity index (χ0) is 36.3. The molecule has 14 heteroatoms. The molecule has 2 aromatic carbocycles. The van der Waals surface area contributed by atoms with E-state index in [1.807, 2.05) is 0 Å². The first-order valence-corrected chi connectivity index (χ1v) is 16.5. The molecule has 1 saturated carbocycles. The first-order valence-electron chi connectivity index (χ1n) is 16.5. The molecule has 2 amide bonds. The standard InChI is InChI=1S/C37H35F3N8O3/c1-23(10-11-24-12-13-24)6-3-4-9-31(49)46(2)28-7-5-8-29(21-28)48-34-32(33(41)43-22-44-34)47(36(48)51)27-16-14-25(15-17-27)35(50)45-30-20-26(18-19-42-30)37(38,39)40/h5,7-8,14-24H,3,6,10-13H2,1-2H3,(H2,41,43,44)(H,42,45,50). The number of amides is 2. The summed E-state index contributed by atoms with van der Waals surface area (Å²) in [5, 5.41) is 2.36. The van der Waals surface area contributed by atoms with E-state index in [-0.39, 0.29) is 34.3 Å². The minimum atomic E-state index is -4.60. The molecule has 11 nitrogen and oxygen atoms in total. The number of fused-ring (bicyclic) bond motifs is 1. The van der Waals surface area contributed by atoms with Crippen LogP contribution in [0.15, 0.2) is 78.0 Å². The fraction of sp³-hybridized carbons (Fsp3) is 0.297. The lowest BCUT2D eigenvalue weighted by atomic mass is 9.98. The number of nitrogens with two attached hydrogens (primary N) is 1. The number of halogens is 3. The number of imidazole rings is 1. The number of hydrogen-bond donors (Lipinski definition) is 2. The van der Waals surface area contributed by atoms with Crippen LogP contribution in [0.5, 0.6) is 0 Å². The van der Waals surface area contributed by atoms with Crippen LogP contribution < -0.4 is 21.6 Å². The minimum absolute atomic E-state index is 0.0221. The van der Waals surface area contributed by atoms with Crippen LogP contribution in [0.1, 0.15) is 61.4 Å². The van der Waals surface area contributed by atoms with Gasteiger partial charge in [0.25, 0.3) is 5.91 Å². The predicted molar refractivity (Wildman–Crippen MR) is 188 cm³/mol. The van der Waals surface area contributed by atoms with Crippen LogP contribution in [0, 0.1) is 23.7 Å². The van der Waals surface area contributed by atoms with Crippen molar-refractivity contribution in [1.29, 1.82) is 0 Å². The highest BCUT2D eigenvalue weighted by Gasteiger charge is 2.31. The number of aromatic nitrogens is 5. The van der Waals surface area contributed by atoms with Gasteiger partial charge in [0.05, 0.1) is 16.9 Å². The number of hydrogen-bond acceptors (Lipinski definition) is 7. The molecule has 1 aliphatic rings. The van der Waals surface area contributed by atoms with Crippen molar-refractivity contribution in [3.8, 4) is 23.2 Å². The Balaban J connectivity index is 1.23. The van der Waals surface area contributed by atoms with Gasteiger partial charge in [0.15, 0.2) is 11.5 Å². The molecule has 6 rings (SSSR count). The van der Waals surface area contributed by atoms with Crippen LogP contribution in [0.25, 0.3) is 22.5 Å². The Morgan fingerprint density at radius 1 is 1.02 bits per heavy atom. The van der Waals surface area contributed by atoms with Gasteiger partial charge in [-0.1, -0.05) is 44.6 Å². The van der Waals surface area contributed by atoms with Gasteiger partial charge in [-0.15, -0.1) is 0 Å². The minimum Gasteiger partial charge on any atom is -0.382 e. The Kier molecular flexibility index (Phi) is 9.90. The van der Waals surface area contributed by atoms with E-state index in [1.165, 1.54) is 70.3 Å². The van der Waals surface area contributed by atoms with Crippen LogP contribution in [0.2, 0.25) is 0 Å². The summed E-state index contributed by atoms with van der Waals surface area (Å²) in [4.78, 5) is 53.5.